The van der Waals surface area contributed by atoms with Gasteiger partial charge in [0.1, 0.15) is 6.33 Å². The lowest BCUT2D eigenvalue weighted by atomic mass is 10.2. The zero-order chi connectivity index (χ0) is 23.1. The van der Waals surface area contributed by atoms with Gasteiger partial charge in [-0.15, -0.1) is 0 Å². The molecule has 1 N–H and O–H groups in total. The normalized spacial score (nSPS) is 12.2. The van der Waals surface area contributed by atoms with Crippen LogP contribution in [-0.2, 0) is 0 Å². The van der Waals surface area contributed by atoms with Crippen LogP contribution in [0.2, 0.25) is 5.04 Å². The first-order valence-electron chi connectivity index (χ1n) is 10.7. The monoisotopic (exact) mass is 456 g/mol. The van der Waals surface area contributed by atoms with E-state index in [1.165, 1.54) is 12.7 Å². The van der Waals surface area contributed by atoms with Gasteiger partial charge in [0.2, 0.25) is 5.88 Å². The van der Waals surface area contributed by atoms with Crippen molar-refractivity contribution in [1.29, 1.82) is 0 Å². The second kappa shape index (κ2) is 7.90. The molecule has 0 saturated heterocycles. The molecule has 0 spiro atoms. The molecular weight excluding hydrogens is 432 g/mol. The highest BCUT2D eigenvalue weighted by atomic mass is 28.4. The van der Waals surface area contributed by atoms with Crippen molar-refractivity contribution in [3.63, 3.8) is 0 Å². The highest BCUT2D eigenvalue weighted by Gasteiger charge is 2.52. The summed E-state index contributed by atoms with van der Waals surface area (Å²) in [5, 5.41) is 2.12. The predicted octanol–water partition coefficient (Wildman–Crippen LogP) is 3.64. The summed E-state index contributed by atoms with van der Waals surface area (Å²) in [4.78, 5) is 23.0. The van der Waals surface area contributed by atoms with Gasteiger partial charge in [-0.3, -0.25) is 9.36 Å². The largest absolute Gasteiger partial charge is 0.509 e. The second-order valence-electron chi connectivity index (χ2n) is 8.88. The third-order valence-electron chi connectivity index (χ3n) is 5.81. The van der Waals surface area contributed by atoms with Crippen LogP contribution < -0.4 is 20.4 Å². The lowest BCUT2D eigenvalue weighted by Gasteiger charge is -2.42. The molecule has 0 aliphatic heterocycles. The summed E-state index contributed by atoms with van der Waals surface area (Å²) in [5.41, 5.74) is 0.377. The van der Waals surface area contributed by atoms with Crippen molar-refractivity contribution >= 4 is 29.9 Å². The van der Waals surface area contributed by atoms with Crippen molar-refractivity contribution in [2.45, 2.75) is 25.8 Å². The molecule has 0 aliphatic rings. The molecule has 0 bridgehead atoms. The second-order valence-corrected chi connectivity index (χ2v) is 13.1. The molecule has 0 amide bonds. The Labute approximate surface area is 191 Å². The maximum absolute atomic E-state index is 12.0. The van der Waals surface area contributed by atoms with Crippen LogP contribution in [-0.4, -0.2) is 27.8 Å². The molecule has 0 aliphatic carbocycles. The predicted molar refractivity (Wildman–Crippen MR) is 130 cm³/mol. The average Bonchev–Trinajstić information content (AvgIpc) is 3.45. The Hall–Kier alpha value is -3.91. The first-order chi connectivity index (χ1) is 15.9. The quantitative estimate of drug-likeness (QED) is 0.408. The summed E-state index contributed by atoms with van der Waals surface area (Å²) >= 11 is 0. The summed E-state index contributed by atoms with van der Waals surface area (Å²) < 4.78 is 14.7. The maximum Gasteiger partial charge on any atom is 0.324 e. The molecule has 7 nitrogen and oxygen atoms in total. The van der Waals surface area contributed by atoms with E-state index < -0.39 is 8.32 Å². The standard InChI is InChI=1S/C25H24N4O3Si/c1-25(2,3)33(18-10-6-4-7-11-18,19-12-8-5-9-13-19)32-21-15-14-20(31-21)29-17-28-22-23(29)26-16-27-24(22)30/h4-17H,1-3H3,(H,26,27,30). The number of nitrogens with zero attached hydrogens (tertiary/aromatic N) is 3. The highest BCUT2D eigenvalue weighted by Crippen LogP contribution is 2.38. The van der Waals surface area contributed by atoms with Crippen LogP contribution in [0.15, 0.2) is 94.7 Å². The van der Waals surface area contributed by atoms with Crippen LogP contribution in [0.1, 0.15) is 20.8 Å². The van der Waals surface area contributed by atoms with Crippen molar-refractivity contribution in [2.75, 3.05) is 0 Å². The Morgan fingerprint density at radius 1 is 0.909 bits per heavy atom. The minimum Gasteiger partial charge on any atom is -0.509 e. The van der Waals surface area contributed by atoms with Gasteiger partial charge >= 0.3 is 8.32 Å². The molecule has 8 heteroatoms. The van der Waals surface area contributed by atoms with Gasteiger partial charge in [-0.25, -0.2) is 9.97 Å². The van der Waals surface area contributed by atoms with Crippen LogP contribution >= 0.6 is 0 Å². The van der Waals surface area contributed by atoms with E-state index in [2.05, 4.69) is 60.0 Å². The van der Waals surface area contributed by atoms with Crippen molar-refractivity contribution in [3.8, 4) is 11.8 Å². The molecule has 3 heterocycles. The van der Waals surface area contributed by atoms with E-state index in [1.54, 1.807) is 10.6 Å². The summed E-state index contributed by atoms with van der Waals surface area (Å²) in [5.74, 6) is 0.884. The summed E-state index contributed by atoms with van der Waals surface area (Å²) in [7, 11) is -2.81. The van der Waals surface area contributed by atoms with Gasteiger partial charge in [-0.05, 0) is 15.4 Å². The Balaban J connectivity index is 1.64. The van der Waals surface area contributed by atoms with Crippen molar-refractivity contribution in [1.82, 2.24) is 19.5 Å². The topological polar surface area (TPSA) is 85.9 Å². The fraction of sp³-hybridized carbons (Fsp3) is 0.160. The van der Waals surface area contributed by atoms with Crippen LogP contribution in [0.4, 0.5) is 0 Å². The molecule has 0 fully saturated rings. The molecule has 0 unspecified atom stereocenters. The lowest BCUT2D eigenvalue weighted by Crippen LogP contribution is -2.68. The molecule has 5 aromatic rings. The number of hydrogen-bond acceptors (Lipinski definition) is 5. The van der Waals surface area contributed by atoms with E-state index in [4.69, 9.17) is 8.84 Å². The lowest BCUT2D eigenvalue weighted by molar-refractivity contribution is 0.369. The Morgan fingerprint density at radius 2 is 1.55 bits per heavy atom. The van der Waals surface area contributed by atoms with Crippen molar-refractivity contribution in [3.05, 3.63) is 95.8 Å². The van der Waals surface area contributed by atoms with E-state index in [9.17, 15) is 4.79 Å². The van der Waals surface area contributed by atoms with Gasteiger partial charge in [-0.2, -0.15) is 0 Å². The zero-order valence-corrected chi connectivity index (χ0v) is 19.6. The molecule has 166 valence electrons. The van der Waals surface area contributed by atoms with Crippen molar-refractivity contribution in [2.24, 2.45) is 0 Å². The van der Waals surface area contributed by atoms with Gasteiger partial charge in [0.15, 0.2) is 11.2 Å². The number of aromatic nitrogens is 4. The number of nitrogens with one attached hydrogen (secondary N) is 1. The number of hydrogen-bond donors (Lipinski definition) is 1. The molecule has 0 saturated carbocycles. The van der Waals surface area contributed by atoms with E-state index in [-0.39, 0.29) is 16.1 Å². The van der Waals surface area contributed by atoms with Crippen LogP contribution in [0.25, 0.3) is 17.0 Å². The molecule has 0 radical (unpaired) electrons. The average molecular weight is 457 g/mol. The van der Waals surface area contributed by atoms with Crippen LogP contribution in [0.5, 0.6) is 5.95 Å². The number of H-pyrrole nitrogens is 1. The van der Waals surface area contributed by atoms with Gasteiger partial charge in [0, 0.05) is 12.1 Å². The SMILES string of the molecule is CC(C)(C)[Si](Oc1ccc(-n2cnc3c(=O)[nH]cnc32)o1)(c1ccccc1)c1ccccc1. The molecule has 33 heavy (non-hydrogen) atoms. The maximum atomic E-state index is 12.0. The summed E-state index contributed by atoms with van der Waals surface area (Å²) in [6, 6.07) is 24.4. The molecular formula is C25H24N4O3Si. The molecule has 5 rings (SSSR count). The Kier molecular flexibility index (Phi) is 5.02. The number of imidazole rings is 1. The number of rotatable bonds is 5. The van der Waals surface area contributed by atoms with E-state index >= 15 is 0 Å². The fourth-order valence-corrected chi connectivity index (χ4v) is 8.64. The van der Waals surface area contributed by atoms with E-state index in [0.29, 0.717) is 17.5 Å². The highest BCUT2D eigenvalue weighted by molar-refractivity contribution is 7.00. The minimum absolute atomic E-state index is 0.195. The van der Waals surface area contributed by atoms with Crippen molar-refractivity contribution < 1.29 is 8.84 Å². The molecule has 0 atom stereocenters. The fourth-order valence-electron chi connectivity index (χ4n) is 4.30. The first kappa shape index (κ1) is 21.0. The number of aromatic amines is 1. The van der Waals surface area contributed by atoms with E-state index in [0.717, 1.165) is 10.4 Å². The van der Waals surface area contributed by atoms with Crippen LogP contribution in [0, 0.1) is 0 Å². The first-order valence-corrected chi connectivity index (χ1v) is 12.6. The van der Waals surface area contributed by atoms with E-state index in [1.807, 2.05) is 42.5 Å². The number of benzene rings is 2. The summed E-state index contributed by atoms with van der Waals surface area (Å²) in [6.45, 7) is 6.63. The van der Waals surface area contributed by atoms with Gasteiger partial charge in [0.05, 0.1) is 6.33 Å². The van der Waals surface area contributed by atoms with Crippen LogP contribution in [0.3, 0.4) is 0 Å². The van der Waals surface area contributed by atoms with Gasteiger partial charge < -0.3 is 13.8 Å². The smallest absolute Gasteiger partial charge is 0.324 e. The zero-order valence-electron chi connectivity index (χ0n) is 18.6. The summed E-state index contributed by atoms with van der Waals surface area (Å²) in [6.07, 6.45) is 2.88. The van der Waals surface area contributed by atoms with Gasteiger partial charge in [0.25, 0.3) is 11.5 Å². The Bertz CT molecular complexity index is 1410. The third-order valence-corrected chi connectivity index (χ3v) is 10.7. The van der Waals surface area contributed by atoms with Gasteiger partial charge in [-0.1, -0.05) is 81.4 Å². The minimum atomic E-state index is -2.81. The number of furan rings is 1. The Morgan fingerprint density at radius 3 is 2.15 bits per heavy atom. The third kappa shape index (κ3) is 3.48. The molecule has 3 aromatic heterocycles. The molecule has 2 aromatic carbocycles. The number of fused-ring (bicyclic) bond motifs is 1.